The van der Waals surface area contributed by atoms with E-state index < -0.39 is 11.6 Å². The Morgan fingerprint density at radius 1 is 1.33 bits per heavy atom. The van der Waals surface area contributed by atoms with Gasteiger partial charge in [0.2, 0.25) is 0 Å². The van der Waals surface area contributed by atoms with E-state index in [1.54, 1.807) is 17.4 Å². The van der Waals surface area contributed by atoms with Crippen LogP contribution in [0.15, 0.2) is 34.1 Å². The lowest BCUT2D eigenvalue weighted by atomic mass is 10.0. The Morgan fingerprint density at radius 3 is 2.72 bits per heavy atom. The number of hydrogen-bond donors (Lipinski definition) is 1. The Bertz CT molecular complexity index is 528. The van der Waals surface area contributed by atoms with Crippen molar-refractivity contribution in [3.63, 3.8) is 0 Å². The van der Waals surface area contributed by atoms with Crippen molar-refractivity contribution in [2.24, 2.45) is 0 Å². The summed E-state index contributed by atoms with van der Waals surface area (Å²) in [5, 5.41) is 5.25. The van der Waals surface area contributed by atoms with Gasteiger partial charge in [0, 0.05) is 4.88 Å². The van der Waals surface area contributed by atoms with Gasteiger partial charge in [-0.3, -0.25) is 0 Å². The summed E-state index contributed by atoms with van der Waals surface area (Å²) in [4.78, 5) is 1.07. The summed E-state index contributed by atoms with van der Waals surface area (Å²) in [5.41, 5.74) is 0.707. The zero-order chi connectivity index (χ0) is 13.1. The molecule has 5 heteroatoms. The summed E-state index contributed by atoms with van der Waals surface area (Å²) in [6.45, 7) is 2.72. The molecule has 1 aromatic heterocycles. The summed E-state index contributed by atoms with van der Waals surface area (Å²) >= 11 is 4.72. The van der Waals surface area contributed by atoms with Gasteiger partial charge in [-0.05, 0) is 45.6 Å². The maximum Gasteiger partial charge on any atom is 0.173 e. The van der Waals surface area contributed by atoms with E-state index in [0.29, 0.717) is 5.56 Å². The molecule has 0 saturated heterocycles. The molecule has 0 aliphatic carbocycles. The summed E-state index contributed by atoms with van der Waals surface area (Å²) in [7, 11) is 0. The monoisotopic (exact) mass is 331 g/mol. The zero-order valence-corrected chi connectivity index (χ0v) is 12.1. The zero-order valence-electron chi connectivity index (χ0n) is 9.71. The van der Waals surface area contributed by atoms with Crippen LogP contribution < -0.4 is 5.32 Å². The number of nitrogens with one attached hydrogen (secondary N) is 1. The first-order valence-corrected chi connectivity index (χ1v) is 7.22. The fourth-order valence-electron chi connectivity index (χ4n) is 1.79. The van der Waals surface area contributed by atoms with Crippen molar-refractivity contribution in [3.05, 3.63) is 56.2 Å². The van der Waals surface area contributed by atoms with Crippen molar-refractivity contribution in [2.75, 3.05) is 6.54 Å². The quantitative estimate of drug-likeness (QED) is 0.814. The van der Waals surface area contributed by atoms with Crippen molar-refractivity contribution < 1.29 is 8.78 Å². The van der Waals surface area contributed by atoms with Gasteiger partial charge in [0.1, 0.15) is 0 Å². The molecular weight excluding hydrogens is 320 g/mol. The molecule has 0 fully saturated rings. The topological polar surface area (TPSA) is 12.0 Å². The van der Waals surface area contributed by atoms with Crippen LogP contribution in [0.5, 0.6) is 0 Å². The van der Waals surface area contributed by atoms with Crippen LogP contribution in [-0.4, -0.2) is 6.54 Å². The third-order valence-electron chi connectivity index (χ3n) is 2.61. The molecule has 0 bridgehead atoms. The Hall–Kier alpha value is -0.780. The molecule has 1 heterocycles. The van der Waals surface area contributed by atoms with E-state index in [4.69, 9.17) is 0 Å². The lowest BCUT2D eigenvalue weighted by Crippen LogP contribution is -2.21. The number of thiophene rings is 1. The molecule has 2 aromatic rings. The van der Waals surface area contributed by atoms with Crippen LogP contribution >= 0.6 is 27.3 Å². The van der Waals surface area contributed by atoms with Gasteiger partial charge in [0.05, 0.1) is 10.5 Å². The molecule has 1 unspecified atom stereocenters. The largest absolute Gasteiger partial charge is 0.306 e. The fraction of sp³-hybridized carbons (Fsp3) is 0.231. The second-order valence-corrected chi connectivity index (χ2v) is 5.54. The predicted octanol–water partition coefficient (Wildman–Crippen LogP) is 4.49. The summed E-state index contributed by atoms with van der Waals surface area (Å²) in [5.74, 6) is -1.68. The van der Waals surface area contributed by atoms with Crippen molar-refractivity contribution in [1.82, 2.24) is 5.32 Å². The molecule has 0 radical (unpaired) electrons. The number of rotatable bonds is 4. The van der Waals surface area contributed by atoms with E-state index in [1.807, 2.05) is 24.4 Å². The maximum atomic E-state index is 13.6. The Kier molecular flexibility index (Phi) is 4.48. The fourth-order valence-corrected chi connectivity index (χ4v) is 3.16. The van der Waals surface area contributed by atoms with E-state index >= 15 is 0 Å². The predicted molar refractivity (Wildman–Crippen MR) is 73.9 cm³/mol. The SMILES string of the molecule is CCNC(c1cccs1)c1ccc(F)c(F)c1Br. The molecule has 0 spiro atoms. The highest BCUT2D eigenvalue weighted by molar-refractivity contribution is 9.10. The second-order valence-electron chi connectivity index (χ2n) is 3.77. The first-order chi connectivity index (χ1) is 8.65. The van der Waals surface area contributed by atoms with Gasteiger partial charge in [0.15, 0.2) is 11.6 Å². The van der Waals surface area contributed by atoms with Crippen molar-refractivity contribution in [2.45, 2.75) is 13.0 Å². The van der Waals surface area contributed by atoms with Gasteiger partial charge in [0.25, 0.3) is 0 Å². The minimum absolute atomic E-state index is 0.125. The second kappa shape index (κ2) is 5.91. The van der Waals surface area contributed by atoms with Gasteiger partial charge in [-0.25, -0.2) is 8.78 Å². The number of halogens is 3. The minimum atomic E-state index is -0.841. The van der Waals surface area contributed by atoms with E-state index in [0.717, 1.165) is 17.5 Å². The normalized spacial score (nSPS) is 12.7. The molecule has 1 N–H and O–H groups in total. The van der Waals surface area contributed by atoms with Crippen molar-refractivity contribution in [1.29, 1.82) is 0 Å². The average molecular weight is 332 g/mol. The van der Waals surface area contributed by atoms with Gasteiger partial charge < -0.3 is 5.32 Å². The molecule has 0 aliphatic rings. The van der Waals surface area contributed by atoms with Crippen LogP contribution in [0.4, 0.5) is 8.78 Å². The number of hydrogen-bond acceptors (Lipinski definition) is 2. The van der Waals surface area contributed by atoms with Crippen LogP contribution in [0.1, 0.15) is 23.4 Å². The van der Waals surface area contributed by atoms with Crippen molar-refractivity contribution >= 4 is 27.3 Å². The minimum Gasteiger partial charge on any atom is -0.306 e. The molecule has 0 saturated carbocycles. The summed E-state index contributed by atoms with van der Waals surface area (Å²) < 4.78 is 26.9. The van der Waals surface area contributed by atoms with E-state index in [1.165, 1.54) is 0 Å². The molecule has 1 nitrogen and oxygen atoms in total. The Balaban J connectivity index is 2.47. The van der Waals surface area contributed by atoms with Crippen LogP contribution in [0.3, 0.4) is 0 Å². The molecule has 1 aromatic carbocycles. The highest BCUT2D eigenvalue weighted by Crippen LogP contribution is 2.33. The third-order valence-corrected chi connectivity index (χ3v) is 4.36. The smallest absolute Gasteiger partial charge is 0.173 e. The molecule has 18 heavy (non-hydrogen) atoms. The Morgan fingerprint density at radius 2 is 2.11 bits per heavy atom. The van der Waals surface area contributed by atoms with Crippen LogP contribution in [-0.2, 0) is 0 Å². The first-order valence-electron chi connectivity index (χ1n) is 5.55. The lowest BCUT2D eigenvalue weighted by Gasteiger charge is -2.18. The molecule has 0 aliphatic heterocycles. The van der Waals surface area contributed by atoms with Crippen molar-refractivity contribution in [3.8, 4) is 0 Å². The molecule has 96 valence electrons. The molecular formula is C13H12BrF2NS. The number of benzene rings is 1. The van der Waals surface area contributed by atoms with Crippen LogP contribution in [0.25, 0.3) is 0 Å². The maximum absolute atomic E-state index is 13.6. The molecule has 0 amide bonds. The van der Waals surface area contributed by atoms with Gasteiger partial charge in [-0.1, -0.05) is 19.1 Å². The van der Waals surface area contributed by atoms with Gasteiger partial charge in [-0.2, -0.15) is 0 Å². The summed E-state index contributed by atoms with van der Waals surface area (Å²) in [6.07, 6.45) is 0. The third kappa shape index (κ3) is 2.63. The summed E-state index contributed by atoms with van der Waals surface area (Å²) in [6, 6.07) is 6.56. The highest BCUT2D eigenvalue weighted by atomic mass is 79.9. The highest BCUT2D eigenvalue weighted by Gasteiger charge is 2.20. The lowest BCUT2D eigenvalue weighted by molar-refractivity contribution is 0.499. The van der Waals surface area contributed by atoms with E-state index in [2.05, 4.69) is 21.2 Å². The Labute approximate surface area is 117 Å². The molecule has 1 atom stereocenters. The van der Waals surface area contributed by atoms with Crippen LogP contribution in [0, 0.1) is 11.6 Å². The van der Waals surface area contributed by atoms with Gasteiger partial charge in [-0.15, -0.1) is 11.3 Å². The average Bonchev–Trinajstić information content (AvgIpc) is 2.88. The van der Waals surface area contributed by atoms with E-state index in [9.17, 15) is 8.78 Å². The van der Waals surface area contributed by atoms with Crippen LogP contribution in [0.2, 0.25) is 0 Å². The molecule has 2 rings (SSSR count). The van der Waals surface area contributed by atoms with E-state index in [-0.39, 0.29) is 10.5 Å². The first kappa shape index (κ1) is 13.6. The van der Waals surface area contributed by atoms with Gasteiger partial charge >= 0.3 is 0 Å². The standard InChI is InChI=1S/C13H12BrF2NS/c1-2-17-13(10-4-3-7-18-10)8-5-6-9(15)12(16)11(8)14/h3-7,13,17H,2H2,1H3.